The minimum atomic E-state index is -1.08. The van der Waals surface area contributed by atoms with Gasteiger partial charge in [-0.1, -0.05) is 36.3 Å². The Morgan fingerprint density at radius 1 is 1.29 bits per heavy atom. The van der Waals surface area contributed by atoms with Crippen molar-refractivity contribution in [1.29, 1.82) is 0 Å². The molecule has 130 valence electrons. The molecule has 7 nitrogen and oxygen atoms in total. The number of rotatable bonds is 2. The summed E-state index contributed by atoms with van der Waals surface area (Å²) in [5, 5.41) is 12.2. The average molecular weight is 371 g/mol. The average Bonchev–Trinajstić information content (AvgIpc) is 3.09. The van der Waals surface area contributed by atoms with E-state index >= 15 is 0 Å². The molecule has 1 atom stereocenters. The lowest BCUT2D eigenvalue weighted by Crippen LogP contribution is -2.47. The first-order chi connectivity index (χ1) is 10.6. The number of nitrogens with zero attached hydrogens (tertiary/aromatic N) is 4. The molecule has 0 bridgehead atoms. The number of guanidine groups is 1. The molecule has 0 saturated carbocycles. The summed E-state index contributed by atoms with van der Waals surface area (Å²) in [6.07, 6.45) is 2.23. The molecule has 24 heavy (non-hydrogen) atoms. The van der Waals surface area contributed by atoms with Crippen LogP contribution >= 0.6 is 24.8 Å². The predicted molar refractivity (Wildman–Crippen MR) is 101 cm³/mol. The van der Waals surface area contributed by atoms with Crippen LogP contribution in [0, 0.1) is 0 Å². The number of halogens is 2. The van der Waals surface area contributed by atoms with Crippen LogP contribution in [0.25, 0.3) is 0 Å². The van der Waals surface area contributed by atoms with E-state index in [0.29, 0.717) is 12.3 Å². The molecule has 3 rings (SSSR count). The van der Waals surface area contributed by atoms with Gasteiger partial charge in [0.25, 0.3) is 0 Å². The quantitative estimate of drug-likeness (QED) is 0.318. The van der Waals surface area contributed by atoms with Crippen molar-refractivity contribution in [2.75, 3.05) is 0 Å². The number of nitrogens with two attached hydrogens (primary N) is 2. The molecule has 0 fully saturated rings. The van der Waals surface area contributed by atoms with E-state index in [9.17, 15) is 0 Å². The maximum absolute atomic E-state index is 9.06. The zero-order valence-corrected chi connectivity index (χ0v) is 14.8. The molecule has 0 aromatic heterocycles. The van der Waals surface area contributed by atoms with Gasteiger partial charge in [-0.25, -0.2) is 9.98 Å². The van der Waals surface area contributed by atoms with Gasteiger partial charge in [0.2, 0.25) is 5.96 Å². The lowest BCUT2D eigenvalue weighted by Gasteiger charge is -2.22. The fourth-order valence-corrected chi connectivity index (χ4v) is 2.91. The van der Waals surface area contributed by atoms with Crippen molar-refractivity contribution < 1.29 is 5.21 Å². The van der Waals surface area contributed by atoms with Crippen molar-refractivity contribution in [3.63, 3.8) is 0 Å². The van der Waals surface area contributed by atoms with Crippen LogP contribution in [-0.4, -0.2) is 34.1 Å². The van der Waals surface area contributed by atoms with Gasteiger partial charge in [-0.2, -0.15) is 4.99 Å². The van der Waals surface area contributed by atoms with Crippen molar-refractivity contribution in [3.8, 4) is 0 Å². The minimum Gasteiger partial charge on any atom is -0.409 e. The number of hydrogen-bond acceptors (Lipinski definition) is 6. The minimum absolute atomic E-state index is 0. The molecule has 0 saturated heterocycles. The summed E-state index contributed by atoms with van der Waals surface area (Å²) in [6, 6.07) is 8.13. The summed E-state index contributed by atoms with van der Waals surface area (Å²) >= 11 is 0. The highest BCUT2D eigenvalue weighted by Gasteiger charge is 2.43. The summed E-state index contributed by atoms with van der Waals surface area (Å²) in [5.41, 5.74) is 13.8. The fraction of sp³-hybridized carbons (Fsp3) is 0.333. The molecule has 1 aliphatic carbocycles. The SMILES string of the molecule is CCC1(C(N)=NO)N=C(N)N=C1N=C1CCc2ccccc21.Cl.Cl. The summed E-state index contributed by atoms with van der Waals surface area (Å²) in [5.74, 6) is 0.429. The molecule has 1 aliphatic heterocycles. The van der Waals surface area contributed by atoms with Crippen LogP contribution < -0.4 is 11.5 Å². The van der Waals surface area contributed by atoms with Crippen LogP contribution in [0.15, 0.2) is 44.4 Å². The molecule has 9 heteroatoms. The van der Waals surface area contributed by atoms with Gasteiger partial charge in [0.1, 0.15) is 0 Å². The third-order valence-electron chi connectivity index (χ3n) is 4.14. The van der Waals surface area contributed by atoms with E-state index in [4.69, 9.17) is 16.7 Å². The van der Waals surface area contributed by atoms with Crippen molar-refractivity contribution in [2.24, 2.45) is 31.6 Å². The maximum atomic E-state index is 9.06. The highest BCUT2D eigenvalue weighted by Crippen LogP contribution is 2.28. The van der Waals surface area contributed by atoms with Gasteiger partial charge in [0.15, 0.2) is 17.2 Å². The Bertz CT molecular complexity index is 743. The van der Waals surface area contributed by atoms with Crippen LogP contribution in [0.4, 0.5) is 0 Å². The number of oxime groups is 1. The Kier molecular flexibility index (Phi) is 6.34. The van der Waals surface area contributed by atoms with Gasteiger partial charge in [-0.05, 0) is 30.4 Å². The molecule has 1 aromatic rings. The Balaban J connectivity index is 0.00000144. The molecule has 1 heterocycles. The van der Waals surface area contributed by atoms with E-state index in [1.54, 1.807) is 0 Å². The summed E-state index contributed by atoms with van der Waals surface area (Å²) in [4.78, 5) is 13.1. The Morgan fingerprint density at radius 3 is 2.67 bits per heavy atom. The lowest BCUT2D eigenvalue weighted by molar-refractivity contribution is 0.314. The van der Waals surface area contributed by atoms with Crippen molar-refractivity contribution in [1.82, 2.24) is 0 Å². The second kappa shape index (κ2) is 7.63. The van der Waals surface area contributed by atoms with Crippen LogP contribution in [-0.2, 0) is 6.42 Å². The van der Waals surface area contributed by atoms with Gasteiger partial charge in [0, 0.05) is 0 Å². The van der Waals surface area contributed by atoms with E-state index in [0.717, 1.165) is 24.1 Å². The normalized spacial score (nSPS) is 23.9. The third-order valence-corrected chi connectivity index (χ3v) is 4.14. The zero-order chi connectivity index (χ0) is 15.7. The number of benzene rings is 1. The summed E-state index contributed by atoms with van der Waals surface area (Å²) in [7, 11) is 0. The molecular weight excluding hydrogens is 351 g/mol. The number of hydrogen-bond donors (Lipinski definition) is 3. The van der Waals surface area contributed by atoms with Crippen molar-refractivity contribution in [3.05, 3.63) is 35.4 Å². The Hall–Kier alpha value is -2.12. The molecule has 1 unspecified atom stereocenters. The van der Waals surface area contributed by atoms with Crippen LogP contribution in [0.1, 0.15) is 30.9 Å². The smallest absolute Gasteiger partial charge is 0.218 e. The van der Waals surface area contributed by atoms with E-state index in [-0.39, 0.29) is 36.6 Å². The van der Waals surface area contributed by atoms with Crippen LogP contribution in [0.5, 0.6) is 0 Å². The van der Waals surface area contributed by atoms with Crippen molar-refractivity contribution >= 4 is 48.2 Å². The largest absolute Gasteiger partial charge is 0.409 e. The van der Waals surface area contributed by atoms with E-state index in [1.165, 1.54) is 5.56 Å². The Labute approximate surface area is 152 Å². The van der Waals surface area contributed by atoms with Gasteiger partial charge >= 0.3 is 0 Å². The molecule has 0 spiro atoms. The van der Waals surface area contributed by atoms with Gasteiger partial charge in [0.05, 0.1) is 5.71 Å². The second-order valence-electron chi connectivity index (χ2n) is 5.32. The summed E-state index contributed by atoms with van der Waals surface area (Å²) < 4.78 is 0. The molecular formula is C15H20Cl2N6O. The highest BCUT2D eigenvalue weighted by atomic mass is 35.5. The first kappa shape index (κ1) is 19.9. The van der Waals surface area contributed by atoms with Crippen molar-refractivity contribution in [2.45, 2.75) is 31.7 Å². The fourth-order valence-electron chi connectivity index (χ4n) is 2.91. The zero-order valence-electron chi connectivity index (χ0n) is 13.1. The number of aliphatic imine (C=N–C) groups is 3. The Morgan fingerprint density at radius 2 is 2.00 bits per heavy atom. The van der Waals surface area contributed by atoms with E-state index in [2.05, 4.69) is 26.2 Å². The van der Waals surface area contributed by atoms with Gasteiger partial charge in [-0.15, -0.1) is 24.8 Å². The van der Waals surface area contributed by atoms with Crippen LogP contribution in [0.3, 0.4) is 0 Å². The summed E-state index contributed by atoms with van der Waals surface area (Å²) in [6.45, 7) is 1.87. The first-order valence-electron chi connectivity index (χ1n) is 7.19. The van der Waals surface area contributed by atoms with Gasteiger partial charge in [-0.3, -0.25) is 0 Å². The number of aryl methyl sites for hydroxylation is 1. The second-order valence-corrected chi connectivity index (χ2v) is 5.32. The lowest BCUT2D eigenvalue weighted by atomic mass is 9.94. The molecule has 0 radical (unpaired) electrons. The standard InChI is InChI=1S/C15H18N6O.2ClH/c1-2-15(12(16)21-22)13(19-14(17)20-15)18-11-8-7-9-5-3-4-6-10(9)11;;/h3-6,22H,2,7-8H2,1H3,(H2,16,21)(H2,17,20);2*1H. The first-order valence-corrected chi connectivity index (χ1v) is 7.19. The highest BCUT2D eigenvalue weighted by molar-refractivity contribution is 6.24. The number of fused-ring (bicyclic) bond motifs is 1. The molecule has 2 aliphatic rings. The molecule has 0 amide bonds. The van der Waals surface area contributed by atoms with E-state index < -0.39 is 5.54 Å². The topological polar surface area (TPSA) is 122 Å². The number of amidine groups is 2. The van der Waals surface area contributed by atoms with Crippen LogP contribution in [0.2, 0.25) is 0 Å². The monoisotopic (exact) mass is 370 g/mol. The van der Waals surface area contributed by atoms with Gasteiger partial charge < -0.3 is 16.7 Å². The molecule has 5 N–H and O–H groups in total. The van der Waals surface area contributed by atoms with E-state index in [1.807, 2.05) is 25.1 Å². The third kappa shape index (κ3) is 3.09. The molecule has 1 aromatic carbocycles. The maximum Gasteiger partial charge on any atom is 0.218 e. The predicted octanol–water partition coefficient (Wildman–Crippen LogP) is 1.89.